The number of halogens is 2. The normalized spacial score (nSPS) is 14.6. The van der Waals surface area contributed by atoms with E-state index in [2.05, 4.69) is 73.0 Å². The van der Waals surface area contributed by atoms with Gasteiger partial charge >= 0.3 is 8.56 Å². The molecule has 138 valence electrons. The monoisotopic (exact) mass is 426 g/mol. The number of nitrogens with zero attached hydrogens (tertiary/aromatic N) is 3. The van der Waals surface area contributed by atoms with Crippen LogP contribution in [0.3, 0.4) is 0 Å². The maximum Gasteiger partial charge on any atom is 0.319 e. The molecule has 0 fully saturated rings. The van der Waals surface area contributed by atoms with Crippen LogP contribution in [0.15, 0.2) is 0 Å². The van der Waals surface area contributed by atoms with Crippen LogP contribution in [-0.4, -0.2) is 46.7 Å². The van der Waals surface area contributed by atoms with Crippen molar-refractivity contribution in [3.05, 3.63) is 10.6 Å². The van der Waals surface area contributed by atoms with Crippen LogP contribution in [0, 0.1) is 0 Å². The lowest BCUT2D eigenvalue weighted by atomic mass is 10.5. The van der Waals surface area contributed by atoms with Crippen LogP contribution in [0.25, 0.3) is 0 Å². The predicted molar refractivity (Wildman–Crippen MR) is 108 cm³/mol. The van der Waals surface area contributed by atoms with Crippen LogP contribution in [-0.2, 0) is 8.23 Å². The molecule has 11 heteroatoms. The molecule has 0 aliphatic carbocycles. The fraction of sp³-hybridized carbons (Fsp3) is 0.769. The van der Waals surface area contributed by atoms with Crippen LogP contribution in [0.4, 0.5) is 5.95 Å². The molecule has 0 radical (unpaired) electrons. The fourth-order valence-corrected chi connectivity index (χ4v) is 15.0. The predicted octanol–water partition coefficient (Wildman–Crippen LogP) is 4.76. The summed E-state index contributed by atoms with van der Waals surface area (Å²) in [5, 5.41) is 3.32. The Bertz CT molecular complexity index is 531. The number of hydrogen-bond donors (Lipinski definition) is 1. The third-order valence-corrected chi connectivity index (χ3v) is 13.5. The van der Waals surface area contributed by atoms with Gasteiger partial charge < -0.3 is 13.5 Å². The molecule has 0 bridgehead atoms. The van der Waals surface area contributed by atoms with E-state index in [1.165, 1.54) is 0 Å². The Hall–Kier alpha value is -0.0394. The standard InChI is InChI=1S/C13H28Cl2N4O2Si3/c1-10(9-16-13-18-11(14)17-12(15)19-13)24(8,20-22(2,3)4)21-23(5,6)7/h10H,9H2,1-8H3,(H,16,17,18,19). The Kier molecular flexibility index (Phi) is 7.43. The second-order valence-corrected chi connectivity index (χ2v) is 21.7. The summed E-state index contributed by atoms with van der Waals surface area (Å²) in [7, 11) is -5.85. The smallest absolute Gasteiger partial charge is 0.319 e. The van der Waals surface area contributed by atoms with Gasteiger partial charge in [-0.2, -0.15) is 15.0 Å². The molecule has 0 saturated heterocycles. The van der Waals surface area contributed by atoms with Gasteiger partial charge in [-0.05, 0) is 69.0 Å². The molecule has 0 saturated carbocycles. The summed E-state index contributed by atoms with van der Waals surface area (Å²) in [6.45, 7) is 18.1. The van der Waals surface area contributed by atoms with Gasteiger partial charge in [0.25, 0.3) is 0 Å². The van der Waals surface area contributed by atoms with Crippen molar-refractivity contribution in [1.29, 1.82) is 0 Å². The molecule has 0 aromatic carbocycles. The van der Waals surface area contributed by atoms with E-state index in [0.717, 1.165) is 0 Å². The zero-order valence-corrected chi connectivity index (χ0v) is 20.2. The number of rotatable bonds is 8. The average Bonchev–Trinajstić information content (AvgIpc) is 2.29. The Balaban J connectivity index is 2.89. The van der Waals surface area contributed by atoms with E-state index in [4.69, 9.17) is 31.4 Å². The van der Waals surface area contributed by atoms with E-state index in [1.807, 2.05) is 0 Å². The Morgan fingerprint density at radius 3 is 1.67 bits per heavy atom. The Labute approximate surface area is 158 Å². The van der Waals surface area contributed by atoms with Gasteiger partial charge in [0, 0.05) is 12.1 Å². The maximum absolute atomic E-state index is 6.54. The molecule has 0 aliphatic rings. The fourth-order valence-electron chi connectivity index (χ4n) is 2.27. The van der Waals surface area contributed by atoms with E-state index in [9.17, 15) is 0 Å². The van der Waals surface area contributed by atoms with E-state index in [-0.39, 0.29) is 16.1 Å². The van der Waals surface area contributed by atoms with Gasteiger partial charge in [0.1, 0.15) is 0 Å². The number of hydrogen-bond acceptors (Lipinski definition) is 6. The first-order chi connectivity index (χ1) is 10.7. The van der Waals surface area contributed by atoms with Crippen LogP contribution >= 0.6 is 23.2 Å². The second-order valence-electron chi connectivity index (χ2n) is 7.92. The molecule has 1 aromatic heterocycles. The minimum Gasteiger partial charge on any atom is -0.436 e. The topological polar surface area (TPSA) is 69.2 Å². The van der Waals surface area contributed by atoms with Gasteiger partial charge in [-0.25, -0.2) is 0 Å². The van der Waals surface area contributed by atoms with Gasteiger partial charge in [-0.3, -0.25) is 0 Å². The van der Waals surface area contributed by atoms with Crippen molar-refractivity contribution in [1.82, 2.24) is 15.0 Å². The van der Waals surface area contributed by atoms with Crippen LogP contribution in [0.2, 0.25) is 61.9 Å². The minimum atomic E-state index is -2.38. The molecule has 6 nitrogen and oxygen atoms in total. The third-order valence-electron chi connectivity index (χ3n) is 3.06. The summed E-state index contributed by atoms with van der Waals surface area (Å²) >= 11 is 11.6. The van der Waals surface area contributed by atoms with E-state index in [0.29, 0.717) is 12.5 Å². The zero-order chi connectivity index (χ0) is 18.8. The van der Waals surface area contributed by atoms with Gasteiger partial charge in [0.15, 0.2) is 16.6 Å². The number of anilines is 1. The largest absolute Gasteiger partial charge is 0.436 e. The summed E-state index contributed by atoms with van der Waals surface area (Å²) in [4.78, 5) is 11.8. The van der Waals surface area contributed by atoms with E-state index in [1.54, 1.807) is 0 Å². The highest BCUT2D eigenvalue weighted by Gasteiger charge is 2.44. The molecule has 0 spiro atoms. The highest BCUT2D eigenvalue weighted by Crippen LogP contribution is 2.31. The highest BCUT2D eigenvalue weighted by atomic mass is 35.5. The van der Waals surface area contributed by atoms with Gasteiger partial charge in [-0.15, -0.1) is 0 Å². The molecule has 1 atom stereocenters. The molecule has 0 amide bonds. The van der Waals surface area contributed by atoms with Crippen molar-refractivity contribution in [3.63, 3.8) is 0 Å². The summed E-state index contributed by atoms with van der Waals surface area (Å²) < 4.78 is 13.1. The van der Waals surface area contributed by atoms with Crippen molar-refractivity contribution in [2.75, 3.05) is 11.9 Å². The summed E-state index contributed by atoms with van der Waals surface area (Å²) in [5.74, 6) is 0.365. The third kappa shape index (κ3) is 7.89. The van der Waals surface area contributed by atoms with Crippen LogP contribution in [0.1, 0.15) is 6.92 Å². The van der Waals surface area contributed by atoms with Crippen molar-refractivity contribution in [2.45, 2.75) is 58.3 Å². The number of aromatic nitrogens is 3. The van der Waals surface area contributed by atoms with Gasteiger partial charge in [0.05, 0.1) is 0 Å². The molecule has 24 heavy (non-hydrogen) atoms. The van der Waals surface area contributed by atoms with E-state index >= 15 is 0 Å². The maximum atomic E-state index is 6.54. The SMILES string of the molecule is CC(CNc1nc(Cl)nc(Cl)n1)[Si](C)(O[Si](C)(C)C)O[Si](C)(C)C. The lowest BCUT2D eigenvalue weighted by Gasteiger charge is -2.42. The van der Waals surface area contributed by atoms with Crippen molar-refractivity contribution >= 4 is 54.3 Å². The molecule has 0 aliphatic heterocycles. The lowest BCUT2D eigenvalue weighted by molar-refractivity contribution is 0.368. The molecule has 1 N–H and O–H groups in total. The second kappa shape index (κ2) is 8.11. The first-order valence-corrected chi connectivity index (χ1v) is 17.9. The van der Waals surface area contributed by atoms with Crippen molar-refractivity contribution in [2.24, 2.45) is 0 Å². The first-order valence-electron chi connectivity index (χ1n) is 7.91. The van der Waals surface area contributed by atoms with Gasteiger partial charge in [-0.1, -0.05) is 6.92 Å². The van der Waals surface area contributed by atoms with Crippen LogP contribution in [0.5, 0.6) is 0 Å². The summed E-state index contributed by atoms with van der Waals surface area (Å²) in [6.07, 6.45) is 0. The molecule has 1 unspecified atom stereocenters. The summed E-state index contributed by atoms with van der Waals surface area (Å²) in [6, 6.07) is 0. The zero-order valence-electron chi connectivity index (χ0n) is 15.7. The minimum absolute atomic E-state index is 0.0712. The average molecular weight is 428 g/mol. The highest BCUT2D eigenvalue weighted by molar-refractivity contribution is 6.88. The molecular formula is C13H28Cl2N4O2Si3. The van der Waals surface area contributed by atoms with Gasteiger partial charge in [0.2, 0.25) is 16.5 Å². The van der Waals surface area contributed by atoms with E-state index < -0.39 is 25.2 Å². The molecule has 1 aromatic rings. The molecule has 1 heterocycles. The van der Waals surface area contributed by atoms with Crippen LogP contribution < -0.4 is 5.32 Å². The van der Waals surface area contributed by atoms with Crippen molar-refractivity contribution < 1.29 is 8.23 Å². The van der Waals surface area contributed by atoms with Crippen molar-refractivity contribution in [3.8, 4) is 0 Å². The first kappa shape index (κ1) is 22.0. The Morgan fingerprint density at radius 1 is 0.875 bits per heavy atom. The summed E-state index contributed by atoms with van der Waals surface area (Å²) in [5.41, 5.74) is 0.199. The molecule has 1 rings (SSSR count). The molecular weight excluding hydrogens is 399 g/mol. The number of nitrogens with one attached hydrogen (secondary N) is 1. The lowest BCUT2D eigenvalue weighted by Crippen LogP contribution is -2.56. The quantitative estimate of drug-likeness (QED) is 0.604. The Morgan fingerprint density at radius 2 is 1.29 bits per heavy atom.